The molecule has 8 heteroatoms. The molecular weight excluding hydrogens is 415 g/mol. The summed E-state index contributed by atoms with van der Waals surface area (Å²) in [6.45, 7) is 2.17. The van der Waals surface area contributed by atoms with Crippen molar-refractivity contribution in [1.82, 2.24) is 5.43 Å². The maximum atomic E-state index is 11.9. The van der Waals surface area contributed by atoms with E-state index in [9.17, 15) is 4.79 Å². The van der Waals surface area contributed by atoms with Gasteiger partial charge in [-0.25, -0.2) is 5.43 Å². The van der Waals surface area contributed by atoms with Crippen molar-refractivity contribution in [3.05, 3.63) is 70.4 Å². The SMILES string of the molecule is CCOc1ccccc1OCC(=O)NN=Cc1ccc(-c2cccc(Cl)c2Cl)o1. The highest BCUT2D eigenvalue weighted by atomic mass is 35.5. The Balaban J connectivity index is 1.55. The monoisotopic (exact) mass is 432 g/mol. The van der Waals surface area contributed by atoms with Crippen LogP contribution in [0.1, 0.15) is 12.7 Å². The van der Waals surface area contributed by atoms with Gasteiger partial charge in [0.05, 0.1) is 22.9 Å². The Morgan fingerprint density at radius 1 is 1.07 bits per heavy atom. The van der Waals surface area contributed by atoms with Gasteiger partial charge in [0, 0.05) is 5.56 Å². The molecule has 1 amide bonds. The fourth-order valence-electron chi connectivity index (χ4n) is 2.45. The molecule has 1 N–H and O–H groups in total. The van der Waals surface area contributed by atoms with E-state index in [1.165, 1.54) is 6.21 Å². The third-order valence-corrected chi connectivity index (χ3v) is 4.55. The molecule has 150 valence electrons. The fourth-order valence-corrected chi connectivity index (χ4v) is 2.84. The number of amides is 1. The topological polar surface area (TPSA) is 73.1 Å². The number of carbonyl (C=O) groups is 1. The van der Waals surface area contributed by atoms with E-state index in [1.54, 1.807) is 48.5 Å². The van der Waals surface area contributed by atoms with Crippen LogP contribution in [0.5, 0.6) is 11.5 Å². The summed E-state index contributed by atoms with van der Waals surface area (Å²) in [5.41, 5.74) is 3.05. The molecule has 0 spiro atoms. The van der Waals surface area contributed by atoms with Gasteiger partial charge in [-0.3, -0.25) is 4.79 Å². The number of hydrogen-bond acceptors (Lipinski definition) is 5. The molecule has 0 atom stereocenters. The molecule has 3 rings (SSSR count). The molecule has 3 aromatic rings. The van der Waals surface area contributed by atoms with Crippen molar-refractivity contribution in [3.63, 3.8) is 0 Å². The standard InChI is InChI=1S/C21H18Cl2N2O4/c1-2-27-18-8-3-4-9-19(18)28-13-20(26)25-24-12-14-10-11-17(29-14)15-6-5-7-16(22)21(15)23/h3-12H,2,13H2,1H3,(H,25,26). The number of para-hydroxylation sites is 2. The van der Waals surface area contributed by atoms with Crippen LogP contribution in [-0.2, 0) is 4.79 Å². The van der Waals surface area contributed by atoms with Gasteiger partial charge in [-0.05, 0) is 43.3 Å². The number of nitrogens with one attached hydrogen (secondary N) is 1. The molecule has 6 nitrogen and oxygen atoms in total. The van der Waals surface area contributed by atoms with Crippen LogP contribution in [0.2, 0.25) is 10.0 Å². The normalized spacial score (nSPS) is 10.9. The first kappa shape index (κ1) is 20.8. The molecule has 0 saturated carbocycles. The largest absolute Gasteiger partial charge is 0.490 e. The second-order valence-corrected chi connectivity index (χ2v) is 6.55. The summed E-state index contributed by atoms with van der Waals surface area (Å²) < 4.78 is 16.6. The van der Waals surface area contributed by atoms with Crippen molar-refractivity contribution >= 4 is 35.3 Å². The van der Waals surface area contributed by atoms with Gasteiger partial charge in [-0.15, -0.1) is 0 Å². The highest BCUT2D eigenvalue weighted by molar-refractivity contribution is 6.43. The van der Waals surface area contributed by atoms with E-state index in [0.717, 1.165) is 0 Å². The third-order valence-electron chi connectivity index (χ3n) is 3.73. The lowest BCUT2D eigenvalue weighted by Gasteiger charge is -2.10. The van der Waals surface area contributed by atoms with Crippen molar-refractivity contribution in [2.24, 2.45) is 5.10 Å². The van der Waals surface area contributed by atoms with Gasteiger partial charge in [-0.1, -0.05) is 41.4 Å². The molecule has 0 aliphatic rings. The molecule has 0 bridgehead atoms. The zero-order chi connectivity index (χ0) is 20.6. The summed E-state index contributed by atoms with van der Waals surface area (Å²) in [4.78, 5) is 11.9. The highest BCUT2D eigenvalue weighted by Crippen LogP contribution is 2.34. The Morgan fingerprint density at radius 2 is 1.83 bits per heavy atom. The molecule has 1 aromatic heterocycles. The van der Waals surface area contributed by atoms with E-state index in [0.29, 0.717) is 45.2 Å². The average molecular weight is 433 g/mol. The first-order valence-corrected chi connectivity index (χ1v) is 9.55. The van der Waals surface area contributed by atoms with Crippen LogP contribution in [0.3, 0.4) is 0 Å². The highest BCUT2D eigenvalue weighted by Gasteiger charge is 2.10. The Kier molecular flexibility index (Phi) is 7.16. The van der Waals surface area contributed by atoms with Crippen molar-refractivity contribution in [1.29, 1.82) is 0 Å². The lowest BCUT2D eigenvalue weighted by atomic mass is 10.2. The third kappa shape index (κ3) is 5.53. The van der Waals surface area contributed by atoms with Crippen molar-refractivity contribution < 1.29 is 18.7 Å². The maximum Gasteiger partial charge on any atom is 0.277 e. The summed E-state index contributed by atoms with van der Waals surface area (Å²) in [6.07, 6.45) is 1.38. The van der Waals surface area contributed by atoms with Crippen LogP contribution in [0.15, 0.2) is 64.1 Å². The molecule has 0 aliphatic heterocycles. The van der Waals surface area contributed by atoms with E-state index < -0.39 is 5.91 Å². The quantitative estimate of drug-likeness (QED) is 0.393. The number of hydrazone groups is 1. The number of rotatable bonds is 8. The summed E-state index contributed by atoms with van der Waals surface area (Å²) >= 11 is 12.2. The summed E-state index contributed by atoms with van der Waals surface area (Å²) in [7, 11) is 0. The second kappa shape index (κ2) is 10.0. The number of carbonyl (C=O) groups excluding carboxylic acids is 1. The molecule has 0 fully saturated rings. The molecular formula is C21H18Cl2N2O4. The van der Waals surface area contributed by atoms with E-state index in [4.69, 9.17) is 37.1 Å². The van der Waals surface area contributed by atoms with E-state index in [2.05, 4.69) is 10.5 Å². The fraction of sp³-hybridized carbons (Fsp3) is 0.143. The number of furan rings is 1. The van der Waals surface area contributed by atoms with Crippen LogP contribution in [0.25, 0.3) is 11.3 Å². The minimum absolute atomic E-state index is 0.205. The first-order valence-electron chi connectivity index (χ1n) is 8.79. The van der Waals surface area contributed by atoms with Crippen molar-refractivity contribution in [2.75, 3.05) is 13.2 Å². The predicted molar refractivity (Wildman–Crippen MR) is 113 cm³/mol. The van der Waals surface area contributed by atoms with Crippen LogP contribution in [0, 0.1) is 0 Å². The minimum atomic E-state index is -0.419. The second-order valence-electron chi connectivity index (χ2n) is 5.76. The minimum Gasteiger partial charge on any atom is -0.490 e. The lowest BCUT2D eigenvalue weighted by Crippen LogP contribution is -2.24. The number of benzene rings is 2. The molecule has 29 heavy (non-hydrogen) atoms. The lowest BCUT2D eigenvalue weighted by molar-refractivity contribution is -0.123. The molecule has 0 aliphatic carbocycles. The molecule has 0 saturated heterocycles. The van der Waals surface area contributed by atoms with Gasteiger partial charge in [0.2, 0.25) is 0 Å². The molecule has 1 heterocycles. The molecule has 2 aromatic carbocycles. The number of nitrogens with zero attached hydrogens (tertiary/aromatic N) is 1. The maximum absolute atomic E-state index is 11.9. The van der Waals surface area contributed by atoms with Gasteiger partial charge in [0.15, 0.2) is 18.1 Å². The zero-order valence-electron chi connectivity index (χ0n) is 15.5. The van der Waals surface area contributed by atoms with Crippen LogP contribution < -0.4 is 14.9 Å². The Bertz CT molecular complexity index is 1020. The number of ether oxygens (including phenoxy) is 2. The van der Waals surface area contributed by atoms with Crippen LogP contribution in [-0.4, -0.2) is 25.3 Å². The summed E-state index contributed by atoms with van der Waals surface area (Å²) in [5, 5.41) is 4.72. The smallest absolute Gasteiger partial charge is 0.277 e. The number of halogens is 2. The zero-order valence-corrected chi connectivity index (χ0v) is 17.0. The van der Waals surface area contributed by atoms with E-state index in [1.807, 2.05) is 13.0 Å². The van der Waals surface area contributed by atoms with Crippen molar-refractivity contribution in [3.8, 4) is 22.8 Å². The Morgan fingerprint density at radius 3 is 2.59 bits per heavy atom. The van der Waals surface area contributed by atoms with Gasteiger partial charge in [0.25, 0.3) is 5.91 Å². The van der Waals surface area contributed by atoms with Crippen LogP contribution >= 0.6 is 23.2 Å². The molecule has 0 radical (unpaired) electrons. The van der Waals surface area contributed by atoms with Crippen molar-refractivity contribution in [2.45, 2.75) is 6.92 Å². The first-order chi connectivity index (χ1) is 14.1. The van der Waals surface area contributed by atoms with Crippen LogP contribution in [0.4, 0.5) is 0 Å². The van der Waals surface area contributed by atoms with E-state index in [-0.39, 0.29) is 6.61 Å². The Hall–Kier alpha value is -2.96. The van der Waals surface area contributed by atoms with Gasteiger partial charge < -0.3 is 13.9 Å². The summed E-state index contributed by atoms with van der Waals surface area (Å²) in [5.74, 6) is 1.63. The number of hydrogen-bond donors (Lipinski definition) is 1. The predicted octanol–water partition coefficient (Wildman–Crippen LogP) is 5.18. The Labute approximate surface area is 178 Å². The van der Waals surface area contributed by atoms with E-state index >= 15 is 0 Å². The molecule has 0 unspecified atom stereocenters. The average Bonchev–Trinajstić information content (AvgIpc) is 3.18. The summed E-state index contributed by atoms with van der Waals surface area (Å²) in [6, 6.07) is 15.9. The van der Waals surface area contributed by atoms with Gasteiger partial charge in [0.1, 0.15) is 11.5 Å². The van der Waals surface area contributed by atoms with Gasteiger partial charge in [-0.2, -0.15) is 5.10 Å². The van der Waals surface area contributed by atoms with Gasteiger partial charge >= 0.3 is 0 Å².